The van der Waals surface area contributed by atoms with Crippen LogP contribution in [-0.2, 0) is 16.1 Å². The van der Waals surface area contributed by atoms with Gasteiger partial charge in [-0.2, -0.15) is 0 Å². The molecular formula is C13H22N2O2S. The summed E-state index contributed by atoms with van der Waals surface area (Å²) in [4.78, 5) is 5.52. The first-order valence-electron chi connectivity index (χ1n) is 6.72. The Morgan fingerprint density at radius 2 is 2.33 bits per heavy atom. The second-order valence-corrected chi connectivity index (χ2v) is 5.74. The third-order valence-electron chi connectivity index (χ3n) is 3.02. The second kappa shape index (κ2) is 7.71. The first-order chi connectivity index (χ1) is 8.88. The van der Waals surface area contributed by atoms with Crippen LogP contribution >= 0.6 is 11.3 Å². The molecule has 0 amide bonds. The number of hydrogen-bond acceptors (Lipinski definition) is 5. The molecule has 102 valence electrons. The van der Waals surface area contributed by atoms with E-state index in [0.717, 1.165) is 50.8 Å². The average Bonchev–Trinajstić information content (AvgIpc) is 2.85. The number of ether oxygens (including phenoxy) is 2. The van der Waals surface area contributed by atoms with Gasteiger partial charge in [-0.1, -0.05) is 18.3 Å². The molecule has 1 aliphatic rings. The van der Waals surface area contributed by atoms with Crippen LogP contribution in [0.25, 0.3) is 0 Å². The van der Waals surface area contributed by atoms with Gasteiger partial charge in [0.15, 0.2) is 5.13 Å². The Bertz CT molecular complexity index is 337. The SMILES string of the molecule is CCCNc1ncc(COCC2CCOCC2)s1. The summed E-state index contributed by atoms with van der Waals surface area (Å²) in [5, 5.41) is 4.29. The monoisotopic (exact) mass is 270 g/mol. The number of nitrogens with one attached hydrogen (secondary N) is 1. The zero-order valence-corrected chi connectivity index (χ0v) is 11.8. The molecule has 0 atom stereocenters. The fourth-order valence-corrected chi connectivity index (χ4v) is 2.70. The second-order valence-electron chi connectivity index (χ2n) is 4.63. The predicted octanol–water partition coefficient (Wildman–Crippen LogP) is 2.91. The highest BCUT2D eigenvalue weighted by atomic mass is 32.1. The fourth-order valence-electron chi connectivity index (χ4n) is 1.93. The Hall–Kier alpha value is -0.650. The molecule has 0 aromatic carbocycles. The lowest BCUT2D eigenvalue weighted by Crippen LogP contribution is -2.19. The number of aromatic nitrogens is 1. The van der Waals surface area contributed by atoms with E-state index in [0.29, 0.717) is 12.5 Å². The van der Waals surface area contributed by atoms with Gasteiger partial charge in [0.25, 0.3) is 0 Å². The van der Waals surface area contributed by atoms with Crippen molar-refractivity contribution in [3.63, 3.8) is 0 Å². The molecule has 0 radical (unpaired) electrons. The molecule has 1 fully saturated rings. The summed E-state index contributed by atoms with van der Waals surface area (Å²) in [6.07, 6.45) is 5.29. The highest BCUT2D eigenvalue weighted by Crippen LogP contribution is 2.20. The van der Waals surface area contributed by atoms with Crippen LogP contribution in [0.3, 0.4) is 0 Å². The molecule has 0 spiro atoms. The van der Waals surface area contributed by atoms with Gasteiger partial charge in [-0.3, -0.25) is 0 Å². The van der Waals surface area contributed by atoms with Crippen molar-refractivity contribution in [1.82, 2.24) is 4.98 Å². The zero-order chi connectivity index (χ0) is 12.6. The van der Waals surface area contributed by atoms with Crippen molar-refractivity contribution < 1.29 is 9.47 Å². The van der Waals surface area contributed by atoms with Crippen LogP contribution in [-0.4, -0.2) is 31.3 Å². The summed E-state index contributed by atoms with van der Waals surface area (Å²) in [5.74, 6) is 0.671. The van der Waals surface area contributed by atoms with Crippen LogP contribution in [0.4, 0.5) is 5.13 Å². The van der Waals surface area contributed by atoms with Crippen LogP contribution in [0.2, 0.25) is 0 Å². The summed E-state index contributed by atoms with van der Waals surface area (Å²) in [6.45, 7) is 6.44. The van der Waals surface area contributed by atoms with Crippen molar-refractivity contribution in [2.75, 3.05) is 31.7 Å². The Balaban J connectivity index is 1.64. The van der Waals surface area contributed by atoms with Crippen molar-refractivity contribution in [3.8, 4) is 0 Å². The molecule has 0 bridgehead atoms. The minimum Gasteiger partial charge on any atom is -0.381 e. The van der Waals surface area contributed by atoms with Gasteiger partial charge in [0.05, 0.1) is 18.1 Å². The number of rotatable bonds is 7. The molecule has 2 heterocycles. The van der Waals surface area contributed by atoms with Crippen LogP contribution in [0.5, 0.6) is 0 Å². The Morgan fingerprint density at radius 1 is 1.50 bits per heavy atom. The molecule has 5 heteroatoms. The summed E-state index contributed by atoms with van der Waals surface area (Å²) in [6, 6.07) is 0. The normalized spacial score (nSPS) is 16.9. The van der Waals surface area contributed by atoms with E-state index in [1.165, 1.54) is 4.88 Å². The first-order valence-corrected chi connectivity index (χ1v) is 7.54. The highest BCUT2D eigenvalue weighted by molar-refractivity contribution is 7.15. The molecule has 4 nitrogen and oxygen atoms in total. The van der Waals surface area contributed by atoms with Crippen molar-refractivity contribution >= 4 is 16.5 Å². The molecule has 1 N–H and O–H groups in total. The largest absolute Gasteiger partial charge is 0.381 e. The number of nitrogens with zero attached hydrogens (tertiary/aromatic N) is 1. The smallest absolute Gasteiger partial charge is 0.182 e. The summed E-state index contributed by atoms with van der Waals surface area (Å²) in [7, 11) is 0. The minimum atomic E-state index is 0.671. The van der Waals surface area contributed by atoms with Gasteiger partial charge in [0.1, 0.15) is 0 Å². The molecule has 1 aromatic heterocycles. The lowest BCUT2D eigenvalue weighted by atomic mass is 10.0. The molecule has 0 saturated carbocycles. The van der Waals surface area contributed by atoms with Gasteiger partial charge < -0.3 is 14.8 Å². The summed E-state index contributed by atoms with van der Waals surface area (Å²) < 4.78 is 11.1. The topological polar surface area (TPSA) is 43.4 Å². The molecule has 1 aromatic rings. The third kappa shape index (κ3) is 4.55. The van der Waals surface area contributed by atoms with E-state index in [9.17, 15) is 0 Å². The zero-order valence-electron chi connectivity index (χ0n) is 11.0. The first kappa shape index (κ1) is 13.8. The van der Waals surface area contributed by atoms with Crippen LogP contribution in [0.1, 0.15) is 31.1 Å². The standard InChI is InChI=1S/C13H22N2O2S/c1-2-5-14-13-15-8-12(18-13)10-17-9-11-3-6-16-7-4-11/h8,11H,2-7,9-10H2,1H3,(H,14,15). The maximum Gasteiger partial charge on any atom is 0.182 e. The number of hydrogen-bond donors (Lipinski definition) is 1. The Kier molecular flexibility index (Phi) is 5.90. The van der Waals surface area contributed by atoms with Crippen LogP contribution in [0.15, 0.2) is 6.20 Å². The van der Waals surface area contributed by atoms with Crippen LogP contribution < -0.4 is 5.32 Å². The molecule has 2 rings (SSSR count). The maximum absolute atomic E-state index is 5.76. The maximum atomic E-state index is 5.76. The average molecular weight is 270 g/mol. The van der Waals surface area contributed by atoms with Gasteiger partial charge in [0.2, 0.25) is 0 Å². The van der Waals surface area contributed by atoms with Gasteiger partial charge in [-0.15, -0.1) is 0 Å². The van der Waals surface area contributed by atoms with Crippen molar-refractivity contribution in [1.29, 1.82) is 0 Å². The predicted molar refractivity (Wildman–Crippen MR) is 74.1 cm³/mol. The van der Waals surface area contributed by atoms with Gasteiger partial charge in [-0.25, -0.2) is 4.98 Å². The van der Waals surface area contributed by atoms with Gasteiger partial charge in [-0.05, 0) is 25.2 Å². The highest BCUT2D eigenvalue weighted by Gasteiger charge is 2.13. The number of thiazole rings is 1. The van der Waals surface area contributed by atoms with Gasteiger partial charge >= 0.3 is 0 Å². The van der Waals surface area contributed by atoms with E-state index >= 15 is 0 Å². The Morgan fingerprint density at radius 3 is 3.11 bits per heavy atom. The molecule has 18 heavy (non-hydrogen) atoms. The van der Waals surface area contributed by atoms with Crippen LogP contribution in [0, 0.1) is 5.92 Å². The lowest BCUT2D eigenvalue weighted by Gasteiger charge is -2.21. The molecule has 1 saturated heterocycles. The van der Waals surface area contributed by atoms with E-state index in [2.05, 4.69) is 17.2 Å². The quantitative estimate of drug-likeness (QED) is 0.827. The van der Waals surface area contributed by atoms with Crippen molar-refractivity contribution in [2.24, 2.45) is 5.92 Å². The Labute approximate surface area is 113 Å². The van der Waals surface area contributed by atoms with E-state index in [1.54, 1.807) is 11.3 Å². The minimum absolute atomic E-state index is 0.671. The van der Waals surface area contributed by atoms with Crippen molar-refractivity contribution in [2.45, 2.75) is 32.8 Å². The summed E-state index contributed by atoms with van der Waals surface area (Å²) >= 11 is 1.69. The molecule has 1 aliphatic heterocycles. The number of anilines is 1. The summed E-state index contributed by atoms with van der Waals surface area (Å²) in [5.41, 5.74) is 0. The van der Waals surface area contributed by atoms with E-state index in [1.807, 2.05) is 6.20 Å². The third-order valence-corrected chi connectivity index (χ3v) is 3.95. The van der Waals surface area contributed by atoms with E-state index < -0.39 is 0 Å². The molecule has 0 unspecified atom stereocenters. The fraction of sp³-hybridized carbons (Fsp3) is 0.769. The van der Waals surface area contributed by atoms with E-state index in [4.69, 9.17) is 9.47 Å². The lowest BCUT2D eigenvalue weighted by molar-refractivity contribution is 0.0163. The van der Waals surface area contributed by atoms with Crippen molar-refractivity contribution in [3.05, 3.63) is 11.1 Å². The van der Waals surface area contributed by atoms with Gasteiger partial charge in [0, 0.05) is 26.0 Å². The molecular weight excluding hydrogens is 248 g/mol. The van der Waals surface area contributed by atoms with E-state index in [-0.39, 0.29) is 0 Å². The molecule has 0 aliphatic carbocycles.